The summed E-state index contributed by atoms with van der Waals surface area (Å²) in [5.41, 5.74) is 0. The van der Waals surface area contributed by atoms with Crippen molar-refractivity contribution in [1.82, 2.24) is 5.32 Å². The summed E-state index contributed by atoms with van der Waals surface area (Å²) in [7, 11) is 0. The molecule has 4 nitrogen and oxygen atoms in total. The first kappa shape index (κ1) is 10.9. The van der Waals surface area contributed by atoms with Crippen LogP contribution in [-0.4, -0.2) is 35.9 Å². The van der Waals surface area contributed by atoms with Crippen molar-refractivity contribution in [3.8, 4) is 0 Å². The average molecular weight is 213 g/mol. The van der Waals surface area contributed by atoms with Crippen LogP contribution in [0.3, 0.4) is 0 Å². The monoisotopic (exact) mass is 213 g/mol. The predicted octanol–water partition coefficient (Wildman–Crippen LogP) is 1.15. The number of rotatable bonds is 6. The second-order valence-electron chi connectivity index (χ2n) is 4.52. The van der Waals surface area contributed by atoms with E-state index in [4.69, 9.17) is 9.84 Å². The van der Waals surface area contributed by atoms with Crippen molar-refractivity contribution in [2.24, 2.45) is 0 Å². The number of hydrogen-bond acceptors (Lipinski definition) is 3. The Kier molecular flexibility index (Phi) is 3.59. The molecule has 2 N–H and O–H groups in total. The summed E-state index contributed by atoms with van der Waals surface area (Å²) in [5.74, 6) is -0.696. The topological polar surface area (TPSA) is 58.6 Å². The van der Waals surface area contributed by atoms with Crippen molar-refractivity contribution in [3.05, 3.63) is 0 Å². The van der Waals surface area contributed by atoms with Gasteiger partial charge < -0.3 is 15.2 Å². The van der Waals surface area contributed by atoms with Crippen LogP contribution >= 0.6 is 0 Å². The quantitative estimate of drug-likeness (QED) is 0.650. The Hall–Kier alpha value is -0.610. The van der Waals surface area contributed by atoms with Crippen molar-refractivity contribution in [2.75, 3.05) is 6.54 Å². The molecular formula is C11H19NO3. The van der Waals surface area contributed by atoms with Crippen LogP contribution < -0.4 is 5.32 Å². The highest BCUT2D eigenvalue weighted by molar-refractivity contribution is 5.66. The fourth-order valence-electron chi connectivity index (χ4n) is 2.54. The van der Waals surface area contributed by atoms with Crippen molar-refractivity contribution >= 4 is 5.97 Å². The van der Waals surface area contributed by atoms with E-state index in [9.17, 15) is 4.79 Å². The van der Waals surface area contributed by atoms with Crippen LogP contribution in [0.2, 0.25) is 0 Å². The van der Waals surface area contributed by atoms with E-state index in [-0.39, 0.29) is 6.42 Å². The van der Waals surface area contributed by atoms with Gasteiger partial charge in [-0.15, -0.1) is 0 Å². The van der Waals surface area contributed by atoms with Crippen molar-refractivity contribution in [3.63, 3.8) is 0 Å². The second kappa shape index (κ2) is 4.94. The fraction of sp³-hybridized carbons (Fsp3) is 0.909. The highest BCUT2D eigenvalue weighted by Gasteiger charge is 2.40. The molecular weight excluding hydrogens is 194 g/mol. The highest BCUT2D eigenvalue weighted by atomic mass is 16.5. The molecule has 0 aromatic rings. The van der Waals surface area contributed by atoms with Gasteiger partial charge in [-0.1, -0.05) is 0 Å². The molecule has 2 aliphatic rings. The number of hydrogen-bond donors (Lipinski definition) is 2. The normalized spacial score (nSPS) is 33.5. The summed E-state index contributed by atoms with van der Waals surface area (Å²) in [6, 6.07) is 0.522. The van der Waals surface area contributed by atoms with Gasteiger partial charge in [0.15, 0.2) is 0 Å². The van der Waals surface area contributed by atoms with E-state index in [1.807, 2.05) is 0 Å². The van der Waals surface area contributed by atoms with E-state index in [0.717, 1.165) is 25.8 Å². The highest BCUT2D eigenvalue weighted by Crippen LogP contribution is 2.34. The van der Waals surface area contributed by atoms with Gasteiger partial charge in [0.2, 0.25) is 0 Å². The molecule has 15 heavy (non-hydrogen) atoms. The molecule has 2 aliphatic heterocycles. The van der Waals surface area contributed by atoms with E-state index in [2.05, 4.69) is 5.32 Å². The summed E-state index contributed by atoms with van der Waals surface area (Å²) in [6.45, 7) is 0.921. The molecule has 4 heteroatoms. The maximum Gasteiger partial charge on any atom is 0.303 e. The third-order valence-electron chi connectivity index (χ3n) is 3.33. The molecule has 2 fully saturated rings. The van der Waals surface area contributed by atoms with Crippen LogP contribution in [0, 0.1) is 0 Å². The molecule has 0 spiro atoms. The smallest absolute Gasteiger partial charge is 0.303 e. The van der Waals surface area contributed by atoms with Crippen LogP contribution in [-0.2, 0) is 9.53 Å². The SMILES string of the molecule is O=C(O)CCCCNC1CC2CCC1O2. The summed E-state index contributed by atoms with van der Waals surface area (Å²) in [4.78, 5) is 10.3. The van der Waals surface area contributed by atoms with Crippen LogP contribution in [0.4, 0.5) is 0 Å². The molecule has 3 unspecified atom stereocenters. The van der Waals surface area contributed by atoms with Crippen molar-refractivity contribution in [1.29, 1.82) is 0 Å². The van der Waals surface area contributed by atoms with Crippen LogP contribution in [0.1, 0.15) is 38.5 Å². The molecule has 2 saturated heterocycles. The number of fused-ring (bicyclic) bond motifs is 2. The van der Waals surface area contributed by atoms with Crippen LogP contribution in [0.25, 0.3) is 0 Å². The van der Waals surface area contributed by atoms with Crippen LogP contribution in [0.5, 0.6) is 0 Å². The van der Waals surface area contributed by atoms with Gasteiger partial charge in [0.1, 0.15) is 0 Å². The molecule has 2 bridgehead atoms. The second-order valence-corrected chi connectivity index (χ2v) is 4.52. The molecule has 0 aliphatic carbocycles. The van der Waals surface area contributed by atoms with Gasteiger partial charge in [0.05, 0.1) is 12.2 Å². The lowest BCUT2D eigenvalue weighted by Gasteiger charge is -2.19. The number of aliphatic carboxylic acids is 1. The standard InChI is InChI=1S/C11H19NO3/c13-11(14)3-1-2-6-12-9-7-8-4-5-10(9)15-8/h8-10,12H,1-7H2,(H,13,14). The van der Waals surface area contributed by atoms with E-state index in [1.165, 1.54) is 12.8 Å². The Balaban J connectivity index is 1.53. The summed E-state index contributed by atoms with van der Waals surface area (Å²) in [5, 5.41) is 11.9. The third-order valence-corrected chi connectivity index (χ3v) is 3.33. The van der Waals surface area contributed by atoms with Gasteiger partial charge in [-0.3, -0.25) is 4.79 Å². The van der Waals surface area contributed by atoms with Gasteiger partial charge in [-0.25, -0.2) is 0 Å². The Bertz CT molecular complexity index is 232. The number of carbonyl (C=O) groups is 1. The lowest BCUT2D eigenvalue weighted by atomic mass is 9.95. The molecule has 86 valence electrons. The zero-order chi connectivity index (χ0) is 10.7. The van der Waals surface area contributed by atoms with E-state index in [1.54, 1.807) is 0 Å². The minimum atomic E-state index is -0.696. The molecule has 3 atom stereocenters. The number of carboxylic acids is 1. The lowest BCUT2D eigenvalue weighted by molar-refractivity contribution is -0.137. The third kappa shape index (κ3) is 2.92. The maximum absolute atomic E-state index is 10.3. The Morgan fingerprint density at radius 1 is 1.40 bits per heavy atom. The number of carboxylic acid groups (broad SMARTS) is 1. The zero-order valence-corrected chi connectivity index (χ0v) is 8.95. The van der Waals surface area contributed by atoms with Crippen LogP contribution in [0.15, 0.2) is 0 Å². The predicted molar refractivity (Wildman–Crippen MR) is 55.8 cm³/mol. The van der Waals surface area contributed by atoms with E-state index >= 15 is 0 Å². The molecule has 0 aromatic heterocycles. The molecule has 0 aromatic carbocycles. The Morgan fingerprint density at radius 3 is 2.87 bits per heavy atom. The zero-order valence-electron chi connectivity index (χ0n) is 8.95. The first-order valence-electron chi connectivity index (χ1n) is 5.86. The molecule has 0 radical (unpaired) electrons. The van der Waals surface area contributed by atoms with Gasteiger partial charge in [-0.05, 0) is 38.6 Å². The summed E-state index contributed by atoms with van der Waals surface area (Å²) in [6.07, 6.45) is 6.48. The lowest BCUT2D eigenvalue weighted by Crippen LogP contribution is -2.37. The van der Waals surface area contributed by atoms with Gasteiger partial charge in [0, 0.05) is 12.5 Å². The van der Waals surface area contributed by atoms with E-state index in [0.29, 0.717) is 18.2 Å². The Morgan fingerprint density at radius 2 is 2.27 bits per heavy atom. The van der Waals surface area contributed by atoms with Gasteiger partial charge >= 0.3 is 5.97 Å². The first-order valence-corrected chi connectivity index (χ1v) is 5.86. The van der Waals surface area contributed by atoms with Crippen molar-refractivity contribution in [2.45, 2.75) is 56.8 Å². The van der Waals surface area contributed by atoms with Gasteiger partial charge in [-0.2, -0.15) is 0 Å². The molecule has 2 rings (SSSR count). The fourth-order valence-corrected chi connectivity index (χ4v) is 2.54. The van der Waals surface area contributed by atoms with Crippen molar-refractivity contribution < 1.29 is 14.6 Å². The average Bonchev–Trinajstić information content (AvgIpc) is 2.78. The number of nitrogens with one attached hydrogen (secondary N) is 1. The number of ether oxygens (including phenoxy) is 1. The molecule has 0 amide bonds. The molecule has 0 saturated carbocycles. The first-order chi connectivity index (χ1) is 7.25. The summed E-state index contributed by atoms with van der Waals surface area (Å²) >= 11 is 0. The van der Waals surface area contributed by atoms with Gasteiger partial charge in [0.25, 0.3) is 0 Å². The van der Waals surface area contributed by atoms with E-state index < -0.39 is 5.97 Å². The Labute approximate surface area is 90.0 Å². The largest absolute Gasteiger partial charge is 0.481 e. The molecule has 2 heterocycles. The minimum Gasteiger partial charge on any atom is -0.481 e. The summed E-state index contributed by atoms with van der Waals surface area (Å²) < 4.78 is 5.72. The minimum absolute atomic E-state index is 0.287. The number of unbranched alkanes of at least 4 members (excludes halogenated alkanes) is 1. The maximum atomic E-state index is 10.3.